The fourth-order valence-electron chi connectivity index (χ4n) is 2.77. The summed E-state index contributed by atoms with van der Waals surface area (Å²) in [5, 5.41) is 4.39. The zero-order valence-corrected chi connectivity index (χ0v) is 15.8. The summed E-state index contributed by atoms with van der Waals surface area (Å²) in [5.74, 6) is -1.10. The van der Waals surface area contributed by atoms with Gasteiger partial charge in [-0.2, -0.15) is 4.98 Å². The van der Waals surface area contributed by atoms with Gasteiger partial charge in [-0.05, 0) is 48.5 Å². The first-order chi connectivity index (χ1) is 14.0. The Kier molecular flexibility index (Phi) is 4.73. The van der Waals surface area contributed by atoms with E-state index in [1.807, 2.05) is 0 Å². The highest BCUT2D eigenvalue weighted by Gasteiger charge is 2.46. The maximum atomic E-state index is 12.7. The molecule has 1 aromatic heterocycles. The molecule has 0 unspecified atom stereocenters. The zero-order valence-electron chi connectivity index (χ0n) is 15.0. The average Bonchev–Trinajstić information content (AvgIpc) is 3.28. The first-order valence-electron chi connectivity index (χ1n) is 8.40. The van der Waals surface area contributed by atoms with Gasteiger partial charge >= 0.3 is 17.8 Å². The standard InChI is InChI=1S/C19H13ClN4O5/c1-28-14-8-6-13(7-9-14)24-18(26)17(25)23(19(24)27)10-15-21-16(22-29-15)11-2-4-12(20)5-3-11/h2-9H,10H2,1H3. The quantitative estimate of drug-likeness (QED) is 0.468. The lowest BCUT2D eigenvalue weighted by Crippen LogP contribution is -2.33. The number of carbonyl (C=O) groups excluding carboxylic acids is 3. The molecule has 1 aliphatic rings. The molecule has 2 aromatic carbocycles. The van der Waals surface area contributed by atoms with Gasteiger partial charge in [0.15, 0.2) is 0 Å². The summed E-state index contributed by atoms with van der Waals surface area (Å²) in [6.45, 7) is -0.323. The third-order valence-electron chi connectivity index (χ3n) is 4.25. The van der Waals surface area contributed by atoms with E-state index in [0.29, 0.717) is 16.3 Å². The van der Waals surface area contributed by atoms with Crippen molar-refractivity contribution in [2.45, 2.75) is 6.54 Å². The molecule has 4 amide bonds. The second kappa shape index (κ2) is 7.36. The van der Waals surface area contributed by atoms with E-state index in [4.69, 9.17) is 20.9 Å². The normalized spacial score (nSPS) is 14.1. The molecule has 1 fully saturated rings. The fraction of sp³-hybridized carbons (Fsp3) is 0.105. The molecule has 1 aliphatic heterocycles. The monoisotopic (exact) mass is 412 g/mol. The first-order valence-corrected chi connectivity index (χ1v) is 8.78. The Morgan fingerprint density at radius 2 is 1.69 bits per heavy atom. The van der Waals surface area contributed by atoms with E-state index in [-0.39, 0.29) is 23.9 Å². The van der Waals surface area contributed by atoms with Crippen molar-refractivity contribution in [1.29, 1.82) is 0 Å². The predicted molar refractivity (Wildman–Crippen MR) is 101 cm³/mol. The Hall–Kier alpha value is -3.72. The number of amides is 4. The van der Waals surface area contributed by atoms with Gasteiger partial charge in [-0.1, -0.05) is 16.8 Å². The number of imide groups is 2. The van der Waals surface area contributed by atoms with Gasteiger partial charge in [0.05, 0.1) is 12.8 Å². The van der Waals surface area contributed by atoms with Gasteiger partial charge < -0.3 is 9.26 Å². The van der Waals surface area contributed by atoms with Crippen LogP contribution in [-0.2, 0) is 16.1 Å². The summed E-state index contributed by atoms with van der Waals surface area (Å²) >= 11 is 5.86. The van der Waals surface area contributed by atoms with Crippen LogP contribution in [0.1, 0.15) is 5.89 Å². The van der Waals surface area contributed by atoms with Gasteiger partial charge in [0, 0.05) is 10.6 Å². The van der Waals surface area contributed by atoms with E-state index in [2.05, 4.69) is 10.1 Å². The van der Waals surface area contributed by atoms with Crippen LogP contribution in [0.25, 0.3) is 11.4 Å². The minimum Gasteiger partial charge on any atom is -0.497 e. The van der Waals surface area contributed by atoms with Gasteiger partial charge in [0.25, 0.3) is 0 Å². The number of aromatic nitrogens is 2. The third-order valence-corrected chi connectivity index (χ3v) is 4.50. The lowest BCUT2D eigenvalue weighted by atomic mass is 10.2. The Balaban J connectivity index is 1.54. The van der Waals surface area contributed by atoms with Gasteiger partial charge in [0.1, 0.15) is 12.3 Å². The first kappa shape index (κ1) is 18.6. The number of rotatable bonds is 5. The van der Waals surface area contributed by atoms with E-state index in [0.717, 1.165) is 9.80 Å². The Morgan fingerprint density at radius 1 is 1.00 bits per heavy atom. The molecule has 2 heterocycles. The van der Waals surface area contributed by atoms with Crippen molar-refractivity contribution >= 4 is 35.1 Å². The molecule has 0 saturated carbocycles. The van der Waals surface area contributed by atoms with Crippen molar-refractivity contribution < 1.29 is 23.6 Å². The van der Waals surface area contributed by atoms with E-state index in [1.54, 1.807) is 36.4 Å². The van der Waals surface area contributed by atoms with Crippen LogP contribution < -0.4 is 9.64 Å². The Morgan fingerprint density at radius 3 is 2.34 bits per heavy atom. The number of hydrogen-bond acceptors (Lipinski definition) is 7. The van der Waals surface area contributed by atoms with E-state index < -0.39 is 17.8 Å². The fourth-order valence-corrected chi connectivity index (χ4v) is 2.90. The summed E-state index contributed by atoms with van der Waals surface area (Å²) in [4.78, 5) is 43.1. The number of hydrogen-bond donors (Lipinski definition) is 0. The molecule has 4 rings (SSSR count). The summed E-state index contributed by atoms with van der Waals surface area (Å²) in [6.07, 6.45) is 0. The maximum Gasteiger partial charge on any atom is 0.339 e. The largest absolute Gasteiger partial charge is 0.497 e. The number of nitrogens with zero attached hydrogens (tertiary/aromatic N) is 4. The smallest absolute Gasteiger partial charge is 0.339 e. The number of ether oxygens (including phenoxy) is 1. The van der Waals surface area contributed by atoms with Crippen LogP contribution >= 0.6 is 11.6 Å². The number of halogens is 1. The summed E-state index contributed by atoms with van der Waals surface area (Å²) < 4.78 is 10.2. The molecule has 0 radical (unpaired) electrons. The number of methoxy groups -OCH3 is 1. The van der Waals surface area contributed by atoms with Crippen molar-refractivity contribution in [1.82, 2.24) is 15.0 Å². The molecule has 0 aliphatic carbocycles. The Labute approximate surface area is 169 Å². The van der Waals surface area contributed by atoms with Crippen molar-refractivity contribution in [3.05, 3.63) is 59.4 Å². The molecule has 0 N–H and O–H groups in total. The van der Waals surface area contributed by atoms with Crippen LogP contribution in [0, 0.1) is 0 Å². The molecule has 0 spiro atoms. The molecular formula is C19H13ClN4O5. The highest BCUT2D eigenvalue weighted by molar-refractivity contribution is 6.52. The van der Waals surface area contributed by atoms with Crippen molar-refractivity contribution in [2.24, 2.45) is 0 Å². The predicted octanol–water partition coefficient (Wildman–Crippen LogP) is 2.89. The number of anilines is 1. The molecule has 3 aromatic rings. The van der Waals surface area contributed by atoms with Crippen LogP contribution in [-0.4, -0.2) is 40.0 Å². The minimum absolute atomic E-state index is 0.0148. The molecule has 10 heteroatoms. The van der Waals surface area contributed by atoms with E-state index in [1.165, 1.54) is 19.2 Å². The SMILES string of the molecule is COc1ccc(N2C(=O)C(=O)N(Cc3nc(-c4ccc(Cl)cc4)no3)C2=O)cc1. The number of carbonyl (C=O) groups is 3. The Bertz CT molecular complexity index is 1090. The van der Waals surface area contributed by atoms with Gasteiger partial charge in [-0.25, -0.2) is 14.6 Å². The molecule has 0 atom stereocenters. The van der Waals surface area contributed by atoms with Crippen LogP contribution in [0.15, 0.2) is 53.1 Å². The molecular weight excluding hydrogens is 400 g/mol. The van der Waals surface area contributed by atoms with Crippen LogP contribution in [0.2, 0.25) is 5.02 Å². The average molecular weight is 413 g/mol. The second-order valence-corrected chi connectivity index (χ2v) is 6.47. The minimum atomic E-state index is -0.975. The summed E-state index contributed by atoms with van der Waals surface area (Å²) in [5.41, 5.74) is 0.906. The van der Waals surface area contributed by atoms with Crippen molar-refractivity contribution in [3.8, 4) is 17.1 Å². The lowest BCUT2D eigenvalue weighted by molar-refractivity contribution is -0.139. The summed E-state index contributed by atoms with van der Waals surface area (Å²) in [6, 6.07) is 12.1. The maximum absolute atomic E-state index is 12.7. The van der Waals surface area contributed by atoms with Gasteiger partial charge in [0.2, 0.25) is 11.7 Å². The van der Waals surface area contributed by atoms with Crippen LogP contribution in [0.3, 0.4) is 0 Å². The van der Waals surface area contributed by atoms with Crippen LogP contribution in [0.5, 0.6) is 5.75 Å². The molecule has 146 valence electrons. The van der Waals surface area contributed by atoms with E-state index in [9.17, 15) is 14.4 Å². The second-order valence-electron chi connectivity index (χ2n) is 6.03. The third kappa shape index (κ3) is 3.43. The van der Waals surface area contributed by atoms with Crippen molar-refractivity contribution in [2.75, 3.05) is 12.0 Å². The van der Waals surface area contributed by atoms with Crippen LogP contribution in [0.4, 0.5) is 10.5 Å². The highest BCUT2D eigenvalue weighted by Crippen LogP contribution is 2.26. The number of benzene rings is 2. The summed E-state index contributed by atoms with van der Waals surface area (Å²) in [7, 11) is 1.50. The number of urea groups is 1. The molecule has 0 bridgehead atoms. The molecule has 1 saturated heterocycles. The molecule has 29 heavy (non-hydrogen) atoms. The topological polar surface area (TPSA) is 106 Å². The van der Waals surface area contributed by atoms with Gasteiger partial charge in [-0.15, -0.1) is 0 Å². The van der Waals surface area contributed by atoms with Crippen molar-refractivity contribution in [3.63, 3.8) is 0 Å². The van der Waals surface area contributed by atoms with E-state index >= 15 is 0 Å². The highest BCUT2D eigenvalue weighted by atomic mass is 35.5. The van der Waals surface area contributed by atoms with Gasteiger partial charge in [-0.3, -0.25) is 9.59 Å². The zero-order chi connectivity index (χ0) is 20.5. The lowest BCUT2D eigenvalue weighted by Gasteiger charge is -2.14. The molecule has 9 nitrogen and oxygen atoms in total.